The molecule has 0 bridgehead atoms. The molecule has 4 nitrogen and oxygen atoms in total. The molecule has 3 N–H and O–H groups in total. The van der Waals surface area contributed by atoms with E-state index in [-0.39, 0.29) is 24.4 Å². The first kappa shape index (κ1) is 15.7. The van der Waals surface area contributed by atoms with Crippen molar-refractivity contribution in [1.29, 1.82) is 0 Å². The number of amides is 1. The van der Waals surface area contributed by atoms with Crippen LogP contribution in [0.2, 0.25) is 0 Å². The van der Waals surface area contributed by atoms with Crippen molar-refractivity contribution in [2.24, 2.45) is 5.73 Å². The fraction of sp³-hybridized carbons (Fsp3) is 0.923. The highest BCUT2D eigenvalue weighted by molar-refractivity contribution is 5.85. The molecule has 1 aliphatic carbocycles. The molecule has 1 saturated carbocycles. The van der Waals surface area contributed by atoms with Gasteiger partial charge in [0.15, 0.2) is 0 Å². The summed E-state index contributed by atoms with van der Waals surface area (Å²) >= 11 is 0. The summed E-state index contributed by atoms with van der Waals surface area (Å²) in [4.78, 5) is 14.1. The molecule has 0 aromatic rings. The van der Waals surface area contributed by atoms with Crippen LogP contribution in [-0.2, 0) is 4.79 Å². The summed E-state index contributed by atoms with van der Waals surface area (Å²) in [5.74, 6) is 0.186. The van der Waals surface area contributed by atoms with E-state index in [1.807, 2.05) is 0 Å². The van der Waals surface area contributed by atoms with Crippen LogP contribution >= 0.6 is 12.4 Å². The molecule has 2 aliphatic rings. The summed E-state index contributed by atoms with van der Waals surface area (Å²) in [5, 5.41) is 3.16. The Balaban J connectivity index is 0.00000162. The van der Waals surface area contributed by atoms with Crippen molar-refractivity contribution >= 4 is 18.3 Å². The van der Waals surface area contributed by atoms with E-state index < -0.39 is 0 Å². The van der Waals surface area contributed by atoms with Crippen molar-refractivity contribution in [3.05, 3.63) is 0 Å². The molecule has 1 amide bonds. The summed E-state index contributed by atoms with van der Waals surface area (Å²) in [5.41, 5.74) is 5.91. The Labute approximate surface area is 116 Å². The van der Waals surface area contributed by atoms with Crippen molar-refractivity contribution in [3.63, 3.8) is 0 Å². The van der Waals surface area contributed by atoms with Gasteiger partial charge in [-0.3, -0.25) is 9.69 Å². The van der Waals surface area contributed by atoms with Gasteiger partial charge in [-0.25, -0.2) is 0 Å². The van der Waals surface area contributed by atoms with E-state index in [0.717, 1.165) is 38.8 Å². The normalized spacial score (nSPS) is 26.4. The van der Waals surface area contributed by atoms with Crippen LogP contribution in [0.5, 0.6) is 0 Å². The number of carbonyl (C=O) groups is 1. The smallest absolute Gasteiger partial charge is 0.234 e. The number of hydrogen-bond acceptors (Lipinski definition) is 3. The van der Waals surface area contributed by atoms with Crippen LogP contribution in [-0.4, -0.2) is 42.5 Å². The molecule has 1 aliphatic heterocycles. The van der Waals surface area contributed by atoms with Crippen molar-refractivity contribution in [2.75, 3.05) is 19.6 Å². The number of rotatable bonds is 3. The Morgan fingerprint density at radius 1 is 1.17 bits per heavy atom. The molecule has 1 saturated heterocycles. The van der Waals surface area contributed by atoms with E-state index in [2.05, 4.69) is 10.2 Å². The van der Waals surface area contributed by atoms with Crippen LogP contribution in [0, 0.1) is 0 Å². The predicted octanol–water partition coefficient (Wildman–Crippen LogP) is 1.28. The highest BCUT2D eigenvalue weighted by Gasteiger charge is 2.21. The summed E-state index contributed by atoms with van der Waals surface area (Å²) < 4.78 is 0. The van der Waals surface area contributed by atoms with Gasteiger partial charge in [0.25, 0.3) is 0 Å². The number of halogens is 1. The van der Waals surface area contributed by atoms with Gasteiger partial charge in [0.1, 0.15) is 0 Å². The molecule has 18 heavy (non-hydrogen) atoms. The maximum absolute atomic E-state index is 11.9. The molecule has 106 valence electrons. The maximum atomic E-state index is 11.9. The molecule has 1 heterocycles. The third-order valence-corrected chi connectivity index (χ3v) is 3.88. The van der Waals surface area contributed by atoms with Crippen LogP contribution in [0.4, 0.5) is 0 Å². The number of carbonyl (C=O) groups excluding carboxylic acids is 1. The van der Waals surface area contributed by atoms with E-state index in [1.165, 1.54) is 19.3 Å². The molecule has 0 spiro atoms. The van der Waals surface area contributed by atoms with Gasteiger partial charge in [0.2, 0.25) is 5.91 Å². The van der Waals surface area contributed by atoms with Crippen molar-refractivity contribution in [3.8, 4) is 0 Å². The average Bonchev–Trinajstić information content (AvgIpc) is 2.30. The van der Waals surface area contributed by atoms with Crippen LogP contribution in [0.15, 0.2) is 0 Å². The van der Waals surface area contributed by atoms with Crippen LogP contribution in [0.25, 0.3) is 0 Å². The first-order chi connectivity index (χ1) is 8.24. The standard InChI is InChI=1S/C13H25N3O.ClH/c14-11-5-4-8-16(9-11)10-13(17)15-12-6-2-1-3-7-12;/h11-12H,1-10,14H2,(H,15,17);1H/t11-;/m1./s1. The van der Waals surface area contributed by atoms with Gasteiger partial charge < -0.3 is 11.1 Å². The summed E-state index contributed by atoms with van der Waals surface area (Å²) in [6, 6.07) is 0.681. The predicted molar refractivity (Wildman–Crippen MR) is 75.9 cm³/mol. The minimum Gasteiger partial charge on any atom is -0.352 e. The molecule has 0 aromatic carbocycles. The fourth-order valence-electron chi connectivity index (χ4n) is 2.96. The lowest BCUT2D eigenvalue weighted by Crippen LogP contribution is -2.48. The van der Waals surface area contributed by atoms with Gasteiger partial charge in [-0.2, -0.15) is 0 Å². The monoisotopic (exact) mass is 275 g/mol. The second-order valence-corrected chi connectivity index (χ2v) is 5.54. The SMILES string of the molecule is Cl.N[C@@H]1CCCN(CC(=O)NC2CCCCC2)C1. The zero-order valence-corrected chi connectivity index (χ0v) is 11.9. The van der Waals surface area contributed by atoms with Crippen molar-refractivity contribution in [2.45, 2.75) is 57.0 Å². The second-order valence-electron chi connectivity index (χ2n) is 5.54. The highest BCUT2D eigenvalue weighted by atomic mass is 35.5. The molecule has 1 atom stereocenters. The molecule has 2 fully saturated rings. The number of nitrogens with one attached hydrogen (secondary N) is 1. The Morgan fingerprint density at radius 2 is 1.89 bits per heavy atom. The second kappa shape index (κ2) is 7.97. The van der Waals surface area contributed by atoms with E-state index in [1.54, 1.807) is 0 Å². The Bertz CT molecular complexity index is 257. The Kier molecular flexibility index (Phi) is 6.97. The zero-order chi connectivity index (χ0) is 12.1. The quantitative estimate of drug-likeness (QED) is 0.816. The molecular formula is C13H26ClN3O. The van der Waals surface area contributed by atoms with Gasteiger partial charge >= 0.3 is 0 Å². The fourth-order valence-corrected chi connectivity index (χ4v) is 2.96. The highest BCUT2D eigenvalue weighted by Crippen LogP contribution is 2.17. The molecule has 0 unspecified atom stereocenters. The zero-order valence-electron chi connectivity index (χ0n) is 11.1. The lowest BCUT2D eigenvalue weighted by Gasteiger charge is -2.31. The van der Waals surface area contributed by atoms with Crippen LogP contribution < -0.4 is 11.1 Å². The minimum atomic E-state index is 0. The third kappa shape index (κ3) is 5.12. The molecular weight excluding hydrogens is 250 g/mol. The number of nitrogens with two attached hydrogens (primary N) is 1. The first-order valence-corrected chi connectivity index (χ1v) is 7.01. The Hall–Kier alpha value is -0.320. The van der Waals surface area contributed by atoms with Crippen LogP contribution in [0.1, 0.15) is 44.9 Å². The van der Waals surface area contributed by atoms with E-state index in [4.69, 9.17) is 5.73 Å². The van der Waals surface area contributed by atoms with E-state index in [9.17, 15) is 4.79 Å². The number of nitrogens with zero attached hydrogens (tertiary/aromatic N) is 1. The maximum Gasteiger partial charge on any atom is 0.234 e. The van der Waals surface area contributed by atoms with Crippen molar-refractivity contribution < 1.29 is 4.79 Å². The third-order valence-electron chi connectivity index (χ3n) is 3.88. The average molecular weight is 276 g/mol. The molecule has 5 heteroatoms. The lowest BCUT2D eigenvalue weighted by atomic mass is 9.95. The summed E-state index contributed by atoms with van der Waals surface area (Å²) in [6.07, 6.45) is 8.39. The van der Waals surface area contributed by atoms with Gasteiger partial charge in [0, 0.05) is 18.6 Å². The van der Waals surface area contributed by atoms with Gasteiger partial charge in [0.05, 0.1) is 6.54 Å². The molecule has 2 rings (SSSR count). The largest absolute Gasteiger partial charge is 0.352 e. The first-order valence-electron chi connectivity index (χ1n) is 7.01. The van der Waals surface area contributed by atoms with Gasteiger partial charge in [-0.15, -0.1) is 12.4 Å². The number of hydrogen-bond donors (Lipinski definition) is 2. The van der Waals surface area contributed by atoms with Crippen molar-refractivity contribution in [1.82, 2.24) is 10.2 Å². The minimum absolute atomic E-state index is 0. The Morgan fingerprint density at radius 3 is 2.56 bits per heavy atom. The number of piperidine rings is 1. The molecule has 0 aromatic heterocycles. The van der Waals surface area contributed by atoms with E-state index >= 15 is 0 Å². The van der Waals surface area contributed by atoms with Gasteiger partial charge in [-0.1, -0.05) is 19.3 Å². The number of likely N-dealkylation sites (tertiary alicyclic amines) is 1. The summed E-state index contributed by atoms with van der Waals surface area (Å²) in [6.45, 7) is 2.42. The van der Waals surface area contributed by atoms with E-state index in [0.29, 0.717) is 12.6 Å². The molecule has 0 radical (unpaired) electrons. The van der Waals surface area contributed by atoms with Crippen LogP contribution in [0.3, 0.4) is 0 Å². The van der Waals surface area contributed by atoms with Gasteiger partial charge in [-0.05, 0) is 32.2 Å². The lowest BCUT2D eigenvalue weighted by molar-refractivity contribution is -0.123. The topological polar surface area (TPSA) is 58.4 Å². The summed E-state index contributed by atoms with van der Waals surface area (Å²) in [7, 11) is 0.